The summed E-state index contributed by atoms with van der Waals surface area (Å²) in [6.07, 6.45) is 2.40. The molecule has 1 N–H and O–H groups in total. The fourth-order valence-corrected chi connectivity index (χ4v) is 1.43. The molecule has 122 valence electrons. The van der Waals surface area contributed by atoms with Crippen molar-refractivity contribution in [1.82, 2.24) is 0 Å². The Labute approximate surface area is 126 Å². The van der Waals surface area contributed by atoms with E-state index >= 15 is 0 Å². The molecule has 0 heterocycles. The van der Waals surface area contributed by atoms with Gasteiger partial charge >= 0.3 is 11.9 Å². The van der Waals surface area contributed by atoms with Gasteiger partial charge in [0.15, 0.2) is 0 Å². The molecule has 0 amide bonds. The van der Waals surface area contributed by atoms with Gasteiger partial charge in [-0.25, -0.2) is 19.4 Å². The van der Waals surface area contributed by atoms with E-state index in [0.717, 1.165) is 18.6 Å². The van der Waals surface area contributed by atoms with Gasteiger partial charge in [-0.15, -0.1) is 0 Å². The van der Waals surface area contributed by atoms with Crippen molar-refractivity contribution in [2.45, 2.75) is 71.7 Å². The fourth-order valence-electron chi connectivity index (χ4n) is 1.43. The second-order valence-corrected chi connectivity index (χ2v) is 6.16. The number of hydrogen-bond acceptors (Lipinski definition) is 5. The Morgan fingerprint density at radius 3 is 2.10 bits per heavy atom. The van der Waals surface area contributed by atoms with Crippen molar-refractivity contribution in [2.75, 3.05) is 0 Å². The van der Waals surface area contributed by atoms with Crippen LogP contribution in [0.1, 0.15) is 54.4 Å². The number of carboxylic acids is 1. The first-order valence-corrected chi connectivity index (χ1v) is 6.96. The number of aliphatic carboxylic acids is 1. The van der Waals surface area contributed by atoms with Crippen LogP contribution in [0.3, 0.4) is 0 Å². The topological polar surface area (TPSA) is 82.1 Å². The van der Waals surface area contributed by atoms with Gasteiger partial charge in [-0.3, -0.25) is 0 Å². The van der Waals surface area contributed by atoms with E-state index in [1.165, 1.54) is 0 Å². The van der Waals surface area contributed by atoms with E-state index in [4.69, 9.17) is 19.6 Å². The van der Waals surface area contributed by atoms with Gasteiger partial charge in [-0.05, 0) is 41.0 Å². The Balaban J connectivity index is 4.32. The molecular weight excluding hydrogens is 276 g/mol. The lowest BCUT2D eigenvalue weighted by molar-refractivity contribution is -0.403. The maximum Gasteiger partial charge on any atom is 0.331 e. The van der Waals surface area contributed by atoms with Gasteiger partial charge in [-0.1, -0.05) is 6.92 Å². The molecule has 0 fully saturated rings. The minimum Gasteiger partial charge on any atom is -0.478 e. The quantitative estimate of drug-likeness (QED) is 0.305. The molecule has 0 spiro atoms. The number of carbonyl (C=O) groups is 2. The van der Waals surface area contributed by atoms with E-state index in [-0.39, 0.29) is 5.60 Å². The van der Waals surface area contributed by atoms with Crippen LogP contribution in [-0.4, -0.2) is 34.4 Å². The lowest BCUT2D eigenvalue weighted by Crippen LogP contribution is -2.35. The summed E-state index contributed by atoms with van der Waals surface area (Å²) in [5.41, 5.74) is -1.02. The summed E-state index contributed by atoms with van der Waals surface area (Å²) < 4.78 is 5.07. The van der Waals surface area contributed by atoms with Crippen molar-refractivity contribution in [3.05, 3.63) is 12.2 Å². The first kappa shape index (κ1) is 19.6. The van der Waals surface area contributed by atoms with Crippen LogP contribution in [0, 0.1) is 0 Å². The SMILES string of the molecule is CCC(C)(C)OOC(C)(C)CC(C)OC(=O)C=CC(=O)O. The summed E-state index contributed by atoms with van der Waals surface area (Å²) in [6.45, 7) is 11.2. The summed E-state index contributed by atoms with van der Waals surface area (Å²) in [5.74, 6) is -1.89. The second-order valence-electron chi connectivity index (χ2n) is 6.16. The zero-order valence-electron chi connectivity index (χ0n) is 13.6. The van der Waals surface area contributed by atoms with Crippen LogP contribution in [0.5, 0.6) is 0 Å². The molecule has 0 aliphatic carbocycles. The van der Waals surface area contributed by atoms with Crippen LogP contribution in [0.2, 0.25) is 0 Å². The molecule has 0 aliphatic rings. The lowest BCUT2D eigenvalue weighted by Gasteiger charge is -2.31. The summed E-state index contributed by atoms with van der Waals surface area (Å²) >= 11 is 0. The molecular formula is C15H26O6. The normalized spacial score (nSPS) is 14.2. The summed E-state index contributed by atoms with van der Waals surface area (Å²) in [5, 5.41) is 8.42. The molecule has 0 aliphatic heterocycles. The maximum absolute atomic E-state index is 11.4. The smallest absolute Gasteiger partial charge is 0.331 e. The van der Waals surface area contributed by atoms with Gasteiger partial charge in [0.2, 0.25) is 0 Å². The van der Waals surface area contributed by atoms with Crippen LogP contribution in [0.15, 0.2) is 12.2 Å². The molecule has 1 unspecified atom stereocenters. The maximum atomic E-state index is 11.4. The van der Waals surface area contributed by atoms with Crippen molar-refractivity contribution in [2.24, 2.45) is 0 Å². The highest BCUT2D eigenvalue weighted by Crippen LogP contribution is 2.23. The molecule has 6 heteroatoms. The second kappa shape index (κ2) is 8.14. The van der Waals surface area contributed by atoms with E-state index in [9.17, 15) is 9.59 Å². The molecule has 0 saturated carbocycles. The van der Waals surface area contributed by atoms with Crippen LogP contribution in [0.25, 0.3) is 0 Å². The number of esters is 1. The van der Waals surface area contributed by atoms with Gasteiger partial charge in [0, 0.05) is 18.6 Å². The summed E-state index contributed by atoms with van der Waals surface area (Å²) in [4.78, 5) is 32.5. The van der Waals surface area contributed by atoms with Gasteiger partial charge in [0.1, 0.15) is 11.7 Å². The van der Waals surface area contributed by atoms with Gasteiger partial charge in [-0.2, -0.15) is 0 Å². The molecule has 0 radical (unpaired) electrons. The van der Waals surface area contributed by atoms with E-state index in [1.54, 1.807) is 6.92 Å². The van der Waals surface area contributed by atoms with Gasteiger partial charge < -0.3 is 9.84 Å². The highest BCUT2D eigenvalue weighted by atomic mass is 17.2. The molecule has 21 heavy (non-hydrogen) atoms. The van der Waals surface area contributed by atoms with E-state index < -0.39 is 23.6 Å². The minimum absolute atomic E-state index is 0.387. The van der Waals surface area contributed by atoms with Crippen molar-refractivity contribution >= 4 is 11.9 Å². The molecule has 6 nitrogen and oxygen atoms in total. The number of hydrogen-bond donors (Lipinski definition) is 1. The molecule has 0 bridgehead atoms. The van der Waals surface area contributed by atoms with Crippen LogP contribution < -0.4 is 0 Å². The third-order valence-electron chi connectivity index (χ3n) is 2.80. The average molecular weight is 302 g/mol. The highest BCUT2D eigenvalue weighted by Gasteiger charge is 2.28. The van der Waals surface area contributed by atoms with Crippen molar-refractivity contribution in [1.29, 1.82) is 0 Å². The Morgan fingerprint density at radius 2 is 1.62 bits per heavy atom. The molecule has 0 rings (SSSR count). The van der Waals surface area contributed by atoms with E-state index in [2.05, 4.69) is 0 Å². The Morgan fingerprint density at radius 1 is 1.10 bits per heavy atom. The number of rotatable bonds is 9. The Hall–Kier alpha value is -1.40. The first-order chi connectivity index (χ1) is 9.47. The van der Waals surface area contributed by atoms with E-state index in [1.807, 2.05) is 34.6 Å². The van der Waals surface area contributed by atoms with Crippen LogP contribution in [0.4, 0.5) is 0 Å². The fraction of sp³-hybridized carbons (Fsp3) is 0.733. The minimum atomic E-state index is -1.20. The Bertz CT molecular complexity index is 384. The first-order valence-electron chi connectivity index (χ1n) is 6.96. The lowest BCUT2D eigenvalue weighted by atomic mass is 10.0. The molecule has 0 aromatic carbocycles. The monoisotopic (exact) mass is 302 g/mol. The summed E-state index contributed by atoms with van der Waals surface area (Å²) in [6, 6.07) is 0. The van der Waals surface area contributed by atoms with Crippen LogP contribution in [-0.2, 0) is 24.1 Å². The number of ether oxygens (including phenoxy) is 1. The number of carboxylic acid groups (broad SMARTS) is 1. The molecule has 1 atom stereocenters. The predicted octanol–water partition coefficient (Wildman–Crippen LogP) is 2.86. The number of carbonyl (C=O) groups excluding carboxylic acids is 1. The highest BCUT2D eigenvalue weighted by molar-refractivity contribution is 5.90. The molecule has 0 aromatic rings. The predicted molar refractivity (Wildman–Crippen MR) is 77.6 cm³/mol. The largest absolute Gasteiger partial charge is 0.478 e. The zero-order chi connectivity index (χ0) is 16.7. The van der Waals surface area contributed by atoms with Gasteiger partial charge in [0.25, 0.3) is 0 Å². The van der Waals surface area contributed by atoms with Crippen molar-refractivity contribution < 1.29 is 29.2 Å². The average Bonchev–Trinajstić information content (AvgIpc) is 2.33. The van der Waals surface area contributed by atoms with Crippen molar-refractivity contribution in [3.63, 3.8) is 0 Å². The molecule has 0 aromatic heterocycles. The van der Waals surface area contributed by atoms with Crippen molar-refractivity contribution in [3.8, 4) is 0 Å². The van der Waals surface area contributed by atoms with E-state index in [0.29, 0.717) is 6.42 Å². The van der Waals surface area contributed by atoms with Gasteiger partial charge in [0.05, 0.1) is 5.60 Å². The van der Waals surface area contributed by atoms with Crippen LogP contribution >= 0.6 is 0 Å². The third kappa shape index (κ3) is 10.0. The standard InChI is InChI=1S/C15H26O6/c1-7-14(3,4)20-21-15(5,6)10-11(2)19-13(18)9-8-12(16)17/h8-9,11H,7,10H2,1-6H3,(H,16,17). The Kier molecular flexibility index (Phi) is 7.60. The molecule has 0 saturated heterocycles. The summed E-state index contributed by atoms with van der Waals surface area (Å²) in [7, 11) is 0. The zero-order valence-corrected chi connectivity index (χ0v) is 13.6. The third-order valence-corrected chi connectivity index (χ3v) is 2.80.